The normalized spacial score (nSPS) is 9.88. The molecule has 0 aromatic carbocycles. The summed E-state index contributed by atoms with van der Waals surface area (Å²) in [5.74, 6) is 2.60. The highest BCUT2D eigenvalue weighted by Gasteiger charge is 2.04. The molecule has 1 amide bonds. The Morgan fingerprint density at radius 2 is 2.35 bits per heavy atom. The number of amides is 1. The van der Waals surface area contributed by atoms with Crippen molar-refractivity contribution in [1.82, 2.24) is 5.32 Å². The number of thiophene rings is 1. The quantitative estimate of drug-likeness (QED) is 0.577. The topological polar surface area (TPSA) is 41.1 Å². The van der Waals surface area contributed by atoms with Crippen molar-refractivity contribution in [2.45, 2.75) is 32.7 Å². The second-order valence-electron chi connectivity index (χ2n) is 3.78. The fourth-order valence-electron chi connectivity index (χ4n) is 1.46. The summed E-state index contributed by atoms with van der Waals surface area (Å²) in [5.41, 5.74) is 0.915. The molecule has 17 heavy (non-hydrogen) atoms. The van der Waals surface area contributed by atoms with E-state index in [4.69, 9.17) is 6.42 Å². The molecule has 1 aromatic heterocycles. The number of hydrogen-bond donors (Lipinski definition) is 2. The van der Waals surface area contributed by atoms with Crippen LogP contribution in [0.15, 0.2) is 11.4 Å². The zero-order valence-corrected chi connectivity index (χ0v) is 10.9. The van der Waals surface area contributed by atoms with E-state index in [1.807, 2.05) is 11.4 Å². The van der Waals surface area contributed by atoms with E-state index in [9.17, 15) is 4.79 Å². The number of anilines is 1. The molecular formula is C13H18N2OS. The zero-order chi connectivity index (χ0) is 12.5. The summed E-state index contributed by atoms with van der Waals surface area (Å²) in [6, 6.07) is 1.93. The van der Waals surface area contributed by atoms with Gasteiger partial charge in [-0.15, -0.1) is 23.7 Å². The molecule has 0 aliphatic rings. The summed E-state index contributed by atoms with van der Waals surface area (Å²) in [6.45, 7) is 3.27. The lowest BCUT2D eigenvalue weighted by Crippen LogP contribution is -2.15. The minimum atomic E-state index is -0.0290. The van der Waals surface area contributed by atoms with Gasteiger partial charge < -0.3 is 10.6 Å². The summed E-state index contributed by atoms with van der Waals surface area (Å²) in [4.78, 5) is 12.1. The fourth-order valence-corrected chi connectivity index (χ4v) is 2.26. The third kappa shape index (κ3) is 5.53. The van der Waals surface area contributed by atoms with Crippen LogP contribution in [0, 0.1) is 12.3 Å². The molecule has 0 unspecified atom stereocenters. The van der Waals surface area contributed by atoms with Crippen molar-refractivity contribution in [3.05, 3.63) is 16.3 Å². The highest BCUT2D eigenvalue weighted by molar-refractivity contribution is 7.10. The third-order valence-electron chi connectivity index (χ3n) is 2.27. The molecule has 0 spiro atoms. The van der Waals surface area contributed by atoms with Gasteiger partial charge in [-0.3, -0.25) is 4.79 Å². The van der Waals surface area contributed by atoms with Crippen molar-refractivity contribution >= 4 is 22.9 Å². The van der Waals surface area contributed by atoms with Gasteiger partial charge in [0, 0.05) is 24.8 Å². The van der Waals surface area contributed by atoms with Gasteiger partial charge in [0.25, 0.3) is 0 Å². The summed E-state index contributed by atoms with van der Waals surface area (Å²) in [7, 11) is 0. The van der Waals surface area contributed by atoms with Gasteiger partial charge in [0.05, 0.1) is 5.69 Å². The minimum absolute atomic E-state index is 0.0290. The number of carbonyl (C=O) groups excluding carboxylic acids is 1. The van der Waals surface area contributed by atoms with Gasteiger partial charge in [0.1, 0.15) is 0 Å². The predicted octanol–water partition coefficient (Wildman–Crippen LogP) is 2.60. The molecule has 3 nitrogen and oxygen atoms in total. The van der Waals surface area contributed by atoms with Gasteiger partial charge in [-0.2, -0.15) is 0 Å². The molecule has 0 bridgehead atoms. The Hall–Kier alpha value is -1.31. The lowest BCUT2D eigenvalue weighted by molar-refractivity contribution is -0.114. The first kappa shape index (κ1) is 13.8. The van der Waals surface area contributed by atoms with Crippen LogP contribution in [-0.2, 0) is 11.3 Å². The molecule has 4 heteroatoms. The number of carbonyl (C=O) groups is 1. The summed E-state index contributed by atoms with van der Waals surface area (Å²) < 4.78 is 0. The van der Waals surface area contributed by atoms with Gasteiger partial charge in [-0.05, 0) is 30.8 Å². The Morgan fingerprint density at radius 1 is 1.53 bits per heavy atom. The summed E-state index contributed by atoms with van der Waals surface area (Å²) in [5, 5.41) is 8.16. The van der Waals surface area contributed by atoms with Gasteiger partial charge in [-0.1, -0.05) is 0 Å². The average Bonchev–Trinajstić information content (AvgIpc) is 2.70. The maximum absolute atomic E-state index is 11.0. The van der Waals surface area contributed by atoms with Gasteiger partial charge >= 0.3 is 0 Å². The lowest BCUT2D eigenvalue weighted by Gasteiger charge is -2.05. The predicted molar refractivity (Wildman–Crippen MR) is 73.0 cm³/mol. The van der Waals surface area contributed by atoms with Crippen molar-refractivity contribution in [2.75, 3.05) is 11.9 Å². The molecule has 0 atom stereocenters. The van der Waals surface area contributed by atoms with E-state index >= 15 is 0 Å². The Kier molecular flexibility index (Phi) is 6.38. The Morgan fingerprint density at radius 3 is 3.06 bits per heavy atom. The number of rotatable bonds is 7. The zero-order valence-electron chi connectivity index (χ0n) is 10.1. The first-order valence-corrected chi connectivity index (χ1v) is 6.60. The van der Waals surface area contributed by atoms with Crippen molar-refractivity contribution in [3.8, 4) is 12.3 Å². The maximum atomic E-state index is 11.0. The monoisotopic (exact) mass is 250 g/mol. The Bertz CT molecular complexity index is 392. The van der Waals surface area contributed by atoms with Crippen LogP contribution in [0.25, 0.3) is 0 Å². The second-order valence-corrected chi connectivity index (χ2v) is 4.78. The molecule has 0 saturated heterocycles. The molecular weight excluding hydrogens is 232 g/mol. The van der Waals surface area contributed by atoms with Crippen molar-refractivity contribution < 1.29 is 4.79 Å². The number of terminal acetylenes is 1. The van der Waals surface area contributed by atoms with Crippen LogP contribution in [0.1, 0.15) is 31.1 Å². The maximum Gasteiger partial charge on any atom is 0.221 e. The third-order valence-corrected chi connectivity index (χ3v) is 3.19. The highest BCUT2D eigenvalue weighted by atomic mass is 32.1. The standard InChI is InChI=1S/C13H18N2OS/c1-3-4-5-6-8-14-10-13-12(7-9-17-13)15-11(2)16/h1,7,9,14H,4-6,8,10H2,2H3,(H,15,16). The molecule has 2 N–H and O–H groups in total. The summed E-state index contributed by atoms with van der Waals surface area (Å²) >= 11 is 1.65. The summed E-state index contributed by atoms with van der Waals surface area (Å²) in [6.07, 6.45) is 8.17. The van der Waals surface area contributed by atoms with Crippen LogP contribution >= 0.6 is 11.3 Å². The van der Waals surface area contributed by atoms with Gasteiger partial charge in [0.2, 0.25) is 5.91 Å². The SMILES string of the molecule is C#CCCCCNCc1sccc1NC(C)=O. The Balaban J connectivity index is 2.25. The van der Waals surface area contributed by atoms with Crippen LogP contribution in [0.5, 0.6) is 0 Å². The second kappa shape index (κ2) is 7.88. The number of nitrogens with one attached hydrogen (secondary N) is 2. The number of unbranched alkanes of at least 4 members (excludes halogenated alkanes) is 2. The Labute approximate surface area is 107 Å². The highest BCUT2D eigenvalue weighted by Crippen LogP contribution is 2.21. The first-order chi connectivity index (χ1) is 8.24. The number of hydrogen-bond acceptors (Lipinski definition) is 3. The van der Waals surface area contributed by atoms with Crippen molar-refractivity contribution in [2.24, 2.45) is 0 Å². The van der Waals surface area contributed by atoms with Gasteiger partial charge in [0.15, 0.2) is 0 Å². The van der Waals surface area contributed by atoms with Crippen LogP contribution in [0.3, 0.4) is 0 Å². The molecule has 0 aliphatic carbocycles. The molecule has 1 aromatic rings. The molecule has 92 valence electrons. The molecule has 0 fully saturated rings. The molecule has 1 heterocycles. The van der Waals surface area contributed by atoms with Crippen LogP contribution in [0.4, 0.5) is 5.69 Å². The smallest absolute Gasteiger partial charge is 0.221 e. The molecule has 0 saturated carbocycles. The van der Waals surface area contributed by atoms with E-state index in [0.717, 1.165) is 42.9 Å². The van der Waals surface area contributed by atoms with E-state index in [-0.39, 0.29) is 5.91 Å². The van der Waals surface area contributed by atoms with E-state index in [0.29, 0.717) is 0 Å². The van der Waals surface area contributed by atoms with Crippen LogP contribution in [-0.4, -0.2) is 12.5 Å². The lowest BCUT2D eigenvalue weighted by atomic mass is 10.2. The van der Waals surface area contributed by atoms with E-state index in [2.05, 4.69) is 16.6 Å². The average molecular weight is 250 g/mol. The van der Waals surface area contributed by atoms with Crippen molar-refractivity contribution in [3.63, 3.8) is 0 Å². The van der Waals surface area contributed by atoms with Crippen molar-refractivity contribution in [1.29, 1.82) is 0 Å². The van der Waals surface area contributed by atoms with E-state index < -0.39 is 0 Å². The van der Waals surface area contributed by atoms with Crippen LogP contribution in [0.2, 0.25) is 0 Å². The van der Waals surface area contributed by atoms with Gasteiger partial charge in [-0.25, -0.2) is 0 Å². The van der Waals surface area contributed by atoms with Crippen LogP contribution < -0.4 is 10.6 Å². The molecule has 0 radical (unpaired) electrons. The molecule has 1 rings (SSSR count). The largest absolute Gasteiger partial charge is 0.325 e. The fraction of sp³-hybridized carbons (Fsp3) is 0.462. The first-order valence-electron chi connectivity index (χ1n) is 5.72. The molecule has 0 aliphatic heterocycles. The van der Waals surface area contributed by atoms with E-state index in [1.54, 1.807) is 11.3 Å². The minimum Gasteiger partial charge on any atom is -0.325 e. The van der Waals surface area contributed by atoms with E-state index in [1.165, 1.54) is 6.92 Å².